The minimum atomic E-state index is -0.504. The molecule has 0 aliphatic rings. The van der Waals surface area contributed by atoms with E-state index in [9.17, 15) is 4.79 Å². The van der Waals surface area contributed by atoms with E-state index in [0.717, 1.165) is 12.0 Å². The minimum Gasteiger partial charge on any atom is -0.423 e. The first kappa shape index (κ1) is 14.2. The smallest absolute Gasteiger partial charge is 0.247 e. The summed E-state index contributed by atoms with van der Waals surface area (Å²) in [5, 5.41) is 10.2. The zero-order valence-corrected chi connectivity index (χ0v) is 11.5. The predicted molar refractivity (Wildman–Crippen MR) is 75.8 cm³/mol. The third-order valence-electron chi connectivity index (χ3n) is 3.32. The highest BCUT2D eigenvalue weighted by Gasteiger charge is 2.19. The molecule has 0 radical (unpaired) electrons. The first-order valence-electron chi connectivity index (χ1n) is 6.55. The van der Waals surface area contributed by atoms with E-state index in [1.165, 1.54) is 6.39 Å². The van der Waals surface area contributed by atoms with Crippen molar-refractivity contribution in [3.05, 3.63) is 30.7 Å². The number of carbonyl (C=O) groups excluding carboxylic acids is 1. The number of nitrogens with two attached hydrogens (primary N) is 1. The maximum Gasteiger partial charge on any atom is 0.247 e. The van der Waals surface area contributed by atoms with Crippen molar-refractivity contribution >= 4 is 11.6 Å². The summed E-state index contributed by atoms with van der Waals surface area (Å²) in [6.07, 6.45) is 2.14. The normalized spacial score (nSPS) is 13.8. The van der Waals surface area contributed by atoms with Gasteiger partial charge in [0.15, 0.2) is 0 Å². The predicted octanol–water partition coefficient (Wildman–Crippen LogP) is 2.05. The van der Waals surface area contributed by atoms with Crippen LogP contribution < -0.4 is 11.1 Å². The van der Waals surface area contributed by atoms with Crippen molar-refractivity contribution in [3.63, 3.8) is 0 Å². The van der Waals surface area contributed by atoms with Gasteiger partial charge in [-0.1, -0.05) is 20.3 Å². The first-order chi connectivity index (χ1) is 9.61. The minimum absolute atomic E-state index is 0.146. The Kier molecular flexibility index (Phi) is 4.47. The van der Waals surface area contributed by atoms with E-state index in [4.69, 9.17) is 10.2 Å². The molecule has 1 aromatic carbocycles. The summed E-state index contributed by atoms with van der Waals surface area (Å²) in [4.78, 5) is 11.9. The van der Waals surface area contributed by atoms with Crippen LogP contribution >= 0.6 is 0 Å². The molecule has 6 nitrogen and oxygen atoms in total. The Bertz CT molecular complexity index is 551. The van der Waals surface area contributed by atoms with Crippen molar-refractivity contribution in [2.45, 2.75) is 26.3 Å². The fourth-order valence-electron chi connectivity index (χ4n) is 1.73. The van der Waals surface area contributed by atoms with Gasteiger partial charge in [-0.15, -0.1) is 10.2 Å². The summed E-state index contributed by atoms with van der Waals surface area (Å²) in [5.74, 6) is 0.414. The molecule has 2 rings (SSSR count). The zero-order chi connectivity index (χ0) is 14.5. The molecule has 1 aromatic heterocycles. The van der Waals surface area contributed by atoms with Gasteiger partial charge in [0.1, 0.15) is 0 Å². The molecule has 0 fully saturated rings. The highest BCUT2D eigenvalue weighted by Crippen LogP contribution is 2.19. The molecule has 0 spiro atoms. The fourth-order valence-corrected chi connectivity index (χ4v) is 1.73. The lowest BCUT2D eigenvalue weighted by atomic mass is 9.99. The number of benzene rings is 1. The number of rotatable bonds is 5. The van der Waals surface area contributed by atoms with Crippen molar-refractivity contribution in [3.8, 4) is 11.5 Å². The lowest BCUT2D eigenvalue weighted by molar-refractivity contribution is -0.118. The van der Waals surface area contributed by atoms with Gasteiger partial charge in [-0.3, -0.25) is 4.79 Å². The molecule has 1 heterocycles. The topological polar surface area (TPSA) is 94.0 Å². The largest absolute Gasteiger partial charge is 0.423 e. The summed E-state index contributed by atoms with van der Waals surface area (Å²) >= 11 is 0. The maximum atomic E-state index is 11.9. The quantitative estimate of drug-likeness (QED) is 0.870. The number of nitrogens with zero attached hydrogens (tertiary/aromatic N) is 2. The molecule has 20 heavy (non-hydrogen) atoms. The van der Waals surface area contributed by atoms with E-state index in [2.05, 4.69) is 15.5 Å². The number of anilines is 1. The van der Waals surface area contributed by atoms with Crippen LogP contribution in [-0.4, -0.2) is 22.1 Å². The van der Waals surface area contributed by atoms with Gasteiger partial charge in [0.05, 0.1) is 6.04 Å². The van der Waals surface area contributed by atoms with Crippen molar-refractivity contribution in [2.75, 3.05) is 5.32 Å². The number of carbonyl (C=O) groups is 1. The molecule has 0 aliphatic carbocycles. The molecule has 3 N–H and O–H groups in total. The third-order valence-corrected chi connectivity index (χ3v) is 3.32. The monoisotopic (exact) mass is 274 g/mol. The Morgan fingerprint density at radius 3 is 2.65 bits per heavy atom. The van der Waals surface area contributed by atoms with Gasteiger partial charge in [0, 0.05) is 11.3 Å². The molecule has 2 atom stereocenters. The van der Waals surface area contributed by atoms with Crippen molar-refractivity contribution in [2.24, 2.45) is 11.7 Å². The average molecular weight is 274 g/mol. The molecule has 0 saturated heterocycles. The molecule has 6 heteroatoms. The molecule has 1 amide bonds. The van der Waals surface area contributed by atoms with Crippen molar-refractivity contribution in [1.82, 2.24) is 10.2 Å². The van der Waals surface area contributed by atoms with E-state index in [1.807, 2.05) is 13.8 Å². The second-order valence-electron chi connectivity index (χ2n) is 4.72. The lowest BCUT2D eigenvalue weighted by Crippen LogP contribution is -2.40. The van der Waals surface area contributed by atoms with Gasteiger partial charge in [-0.25, -0.2) is 0 Å². The summed E-state index contributed by atoms with van der Waals surface area (Å²) in [6.45, 7) is 3.97. The molecule has 0 bridgehead atoms. The fraction of sp³-hybridized carbons (Fsp3) is 0.357. The second kappa shape index (κ2) is 6.29. The second-order valence-corrected chi connectivity index (χ2v) is 4.72. The van der Waals surface area contributed by atoms with Crippen LogP contribution in [0.1, 0.15) is 20.3 Å². The first-order valence-corrected chi connectivity index (χ1v) is 6.55. The average Bonchev–Trinajstić information content (AvgIpc) is 3.00. The molecule has 0 aliphatic heterocycles. The highest BCUT2D eigenvalue weighted by molar-refractivity contribution is 5.95. The van der Waals surface area contributed by atoms with Crippen LogP contribution in [0.25, 0.3) is 11.5 Å². The van der Waals surface area contributed by atoms with Gasteiger partial charge in [0.25, 0.3) is 0 Å². The number of hydrogen-bond acceptors (Lipinski definition) is 5. The number of aromatic nitrogens is 2. The van der Waals surface area contributed by atoms with Gasteiger partial charge in [-0.05, 0) is 30.2 Å². The van der Waals surface area contributed by atoms with E-state index < -0.39 is 6.04 Å². The van der Waals surface area contributed by atoms with E-state index in [1.54, 1.807) is 24.3 Å². The Hall–Kier alpha value is -2.21. The molecule has 0 unspecified atom stereocenters. The lowest BCUT2D eigenvalue weighted by Gasteiger charge is -2.17. The molecule has 2 aromatic rings. The summed E-state index contributed by atoms with van der Waals surface area (Å²) in [6, 6.07) is 6.66. The van der Waals surface area contributed by atoms with Crippen LogP contribution in [0.15, 0.2) is 35.1 Å². The standard InChI is InChI=1S/C14H18N4O2/c1-3-9(2)12(15)13(19)17-11-6-4-10(5-7-11)14-18-16-8-20-14/h4-9,12H,3,15H2,1-2H3,(H,17,19)/t9-,12-/m0/s1. The van der Waals surface area contributed by atoms with Crippen LogP contribution in [0, 0.1) is 5.92 Å². The third kappa shape index (κ3) is 3.21. The highest BCUT2D eigenvalue weighted by atomic mass is 16.4. The summed E-state index contributed by atoms with van der Waals surface area (Å²) < 4.78 is 5.10. The van der Waals surface area contributed by atoms with Crippen LogP contribution in [0.4, 0.5) is 5.69 Å². The van der Waals surface area contributed by atoms with Crippen molar-refractivity contribution < 1.29 is 9.21 Å². The van der Waals surface area contributed by atoms with Crippen LogP contribution in [-0.2, 0) is 4.79 Å². The SMILES string of the molecule is CC[C@H](C)[C@H](N)C(=O)Nc1ccc(-c2nnco2)cc1. The maximum absolute atomic E-state index is 11.9. The van der Waals surface area contributed by atoms with Gasteiger partial charge in [-0.2, -0.15) is 0 Å². The van der Waals surface area contributed by atoms with Crippen LogP contribution in [0.2, 0.25) is 0 Å². The molecule has 106 valence electrons. The van der Waals surface area contributed by atoms with Gasteiger partial charge < -0.3 is 15.5 Å². The van der Waals surface area contributed by atoms with Crippen molar-refractivity contribution in [1.29, 1.82) is 0 Å². The Morgan fingerprint density at radius 1 is 1.40 bits per heavy atom. The van der Waals surface area contributed by atoms with E-state index in [0.29, 0.717) is 11.6 Å². The van der Waals surface area contributed by atoms with Gasteiger partial charge >= 0.3 is 0 Å². The Labute approximate surface area is 117 Å². The number of amides is 1. The Morgan fingerprint density at radius 2 is 2.10 bits per heavy atom. The summed E-state index contributed by atoms with van der Waals surface area (Å²) in [7, 11) is 0. The van der Waals surface area contributed by atoms with E-state index >= 15 is 0 Å². The zero-order valence-electron chi connectivity index (χ0n) is 11.5. The summed E-state index contributed by atoms with van der Waals surface area (Å²) in [5.41, 5.74) is 7.37. The van der Waals surface area contributed by atoms with E-state index in [-0.39, 0.29) is 11.8 Å². The number of nitrogens with one attached hydrogen (secondary N) is 1. The number of hydrogen-bond donors (Lipinski definition) is 2. The van der Waals surface area contributed by atoms with Gasteiger partial charge in [0.2, 0.25) is 18.2 Å². The van der Waals surface area contributed by atoms with Crippen LogP contribution in [0.3, 0.4) is 0 Å². The molecular weight excluding hydrogens is 256 g/mol. The van der Waals surface area contributed by atoms with Crippen LogP contribution in [0.5, 0.6) is 0 Å². The molecular formula is C14H18N4O2. The Balaban J connectivity index is 2.02. The molecule has 0 saturated carbocycles.